The lowest BCUT2D eigenvalue weighted by Gasteiger charge is -2.12. The highest BCUT2D eigenvalue weighted by molar-refractivity contribution is 5.97. The van der Waals surface area contributed by atoms with Crippen molar-refractivity contribution in [2.75, 3.05) is 11.9 Å². The third-order valence-electron chi connectivity index (χ3n) is 3.43. The van der Waals surface area contributed by atoms with Gasteiger partial charge in [0.25, 0.3) is 5.91 Å². The molecule has 0 bridgehead atoms. The minimum absolute atomic E-state index is 0.0312. The molecule has 1 amide bonds. The average molecular weight is 306 g/mol. The van der Waals surface area contributed by atoms with E-state index in [9.17, 15) is 14.3 Å². The molecule has 0 unspecified atom stereocenters. The van der Waals surface area contributed by atoms with Crippen LogP contribution in [0.25, 0.3) is 0 Å². The molecule has 2 rings (SSSR count). The van der Waals surface area contributed by atoms with Crippen molar-refractivity contribution in [3.63, 3.8) is 0 Å². The van der Waals surface area contributed by atoms with Gasteiger partial charge in [0.05, 0.1) is 12.1 Å². The molecule has 1 heterocycles. The highest BCUT2D eigenvalue weighted by Crippen LogP contribution is 2.20. The Hall–Kier alpha value is -2.57. The third-order valence-corrected chi connectivity index (χ3v) is 3.43. The normalized spacial score (nSPS) is 10.5. The van der Waals surface area contributed by atoms with E-state index in [1.165, 1.54) is 7.05 Å². The predicted octanol–water partition coefficient (Wildman–Crippen LogP) is 1.94. The molecule has 0 aliphatic carbocycles. The summed E-state index contributed by atoms with van der Waals surface area (Å²) in [5.74, 6) is -1.42. The fourth-order valence-corrected chi connectivity index (χ4v) is 2.21. The van der Waals surface area contributed by atoms with Gasteiger partial charge in [0.15, 0.2) is 0 Å². The average Bonchev–Trinajstić information content (AvgIpc) is 2.72. The lowest BCUT2D eigenvalue weighted by molar-refractivity contribution is 0.0950. The molecular weight excluding hydrogens is 287 g/mol. The topological polar surface area (TPSA) is 79.2 Å². The Labute approximate surface area is 128 Å². The van der Waals surface area contributed by atoms with Crippen molar-refractivity contribution in [3.8, 4) is 5.88 Å². The summed E-state index contributed by atoms with van der Waals surface area (Å²) in [6.07, 6.45) is 0. The molecule has 0 saturated heterocycles. The van der Waals surface area contributed by atoms with Crippen molar-refractivity contribution in [1.82, 2.24) is 15.1 Å². The molecule has 0 aliphatic heterocycles. The number of nitrogens with one attached hydrogen (secondary N) is 2. The highest BCUT2D eigenvalue weighted by Gasteiger charge is 2.17. The number of rotatable bonds is 5. The van der Waals surface area contributed by atoms with Crippen molar-refractivity contribution in [3.05, 3.63) is 40.8 Å². The first-order valence-electron chi connectivity index (χ1n) is 6.97. The number of carbonyl (C=O) groups excluding carboxylic acids is 1. The molecule has 0 fully saturated rings. The zero-order valence-corrected chi connectivity index (χ0v) is 12.8. The maximum Gasteiger partial charge on any atom is 0.251 e. The van der Waals surface area contributed by atoms with Gasteiger partial charge in [-0.2, -0.15) is 4.39 Å². The molecule has 2 aromatic rings. The van der Waals surface area contributed by atoms with Gasteiger partial charge < -0.3 is 15.7 Å². The molecule has 0 atom stereocenters. The van der Waals surface area contributed by atoms with Crippen LogP contribution in [-0.2, 0) is 13.6 Å². The second kappa shape index (κ2) is 6.46. The van der Waals surface area contributed by atoms with Crippen molar-refractivity contribution in [2.24, 2.45) is 7.05 Å². The van der Waals surface area contributed by atoms with E-state index in [2.05, 4.69) is 15.7 Å². The fourth-order valence-electron chi connectivity index (χ4n) is 2.21. The summed E-state index contributed by atoms with van der Waals surface area (Å²) in [6, 6.07) is 5.37. The van der Waals surface area contributed by atoms with Crippen LogP contribution < -0.4 is 10.6 Å². The maximum atomic E-state index is 13.5. The fraction of sp³-hybridized carbons (Fsp3) is 0.333. The second-order valence-electron chi connectivity index (χ2n) is 4.91. The van der Waals surface area contributed by atoms with Crippen LogP contribution in [0.1, 0.15) is 28.4 Å². The molecule has 1 aromatic heterocycles. The number of nitrogens with zero attached hydrogens (tertiary/aromatic N) is 2. The minimum Gasteiger partial charge on any atom is -0.493 e. The van der Waals surface area contributed by atoms with Gasteiger partial charge in [-0.05, 0) is 31.5 Å². The maximum absolute atomic E-state index is 13.5. The molecule has 118 valence electrons. The largest absolute Gasteiger partial charge is 0.493 e. The van der Waals surface area contributed by atoms with Gasteiger partial charge in [0, 0.05) is 24.8 Å². The lowest BCUT2D eigenvalue weighted by Crippen LogP contribution is -2.24. The van der Waals surface area contributed by atoms with E-state index < -0.39 is 5.95 Å². The molecule has 3 N–H and O–H groups in total. The standard InChI is InChI=1S/C15H19FN4O2/c1-4-17-12-7-5-6-10(9(12)2)14(21)18-8-11-13(16)19-20(3)15(11)22/h5-7,17,22H,4,8H2,1-3H3,(H,18,21). The first kappa shape index (κ1) is 15.8. The Bertz CT molecular complexity index is 697. The monoisotopic (exact) mass is 306 g/mol. The number of amides is 1. The van der Waals surface area contributed by atoms with Gasteiger partial charge in [0.1, 0.15) is 0 Å². The van der Waals surface area contributed by atoms with Crippen LogP contribution >= 0.6 is 0 Å². The summed E-state index contributed by atoms with van der Waals surface area (Å²) < 4.78 is 14.5. The van der Waals surface area contributed by atoms with Gasteiger partial charge in [0.2, 0.25) is 11.8 Å². The number of halogens is 1. The zero-order chi connectivity index (χ0) is 16.3. The number of hydrogen-bond acceptors (Lipinski definition) is 4. The summed E-state index contributed by atoms with van der Waals surface area (Å²) in [5, 5.41) is 18.9. The van der Waals surface area contributed by atoms with Crippen LogP contribution in [0.4, 0.5) is 10.1 Å². The lowest BCUT2D eigenvalue weighted by atomic mass is 10.1. The highest BCUT2D eigenvalue weighted by atomic mass is 19.1. The van der Waals surface area contributed by atoms with E-state index in [1.807, 2.05) is 19.9 Å². The number of aromatic nitrogens is 2. The van der Waals surface area contributed by atoms with Crippen LogP contribution in [-0.4, -0.2) is 27.3 Å². The summed E-state index contributed by atoms with van der Waals surface area (Å²) in [6.45, 7) is 4.44. The number of benzene rings is 1. The van der Waals surface area contributed by atoms with E-state index in [1.54, 1.807) is 12.1 Å². The molecular formula is C15H19FN4O2. The van der Waals surface area contributed by atoms with Crippen molar-refractivity contribution in [2.45, 2.75) is 20.4 Å². The number of aromatic hydroxyl groups is 1. The van der Waals surface area contributed by atoms with Gasteiger partial charge in [-0.1, -0.05) is 6.07 Å². The van der Waals surface area contributed by atoms with Crippen LogP contribution in [0, 0.1) is 12.9 Å². The zero-order valence-electron chi connectivity index (χ0n) is 12.8. The van der Waals surface area contributed by atoms with Gasteiger partial charge in [-0.25, -0.2) is 4.68 Å². The van der Waals surface area contributed by atoms with Crippen LogP contribution in [0.5, 0.6) is 5.88 Å². The molecule has 0 aliphatic rings. The van der Waals surface area contributed by atoms with E-state index in [0.29, 0.717) is 5.56 Å². The predicted molar refractivity (Wildman–Crippen MR) is 81.3 cm³/mol. The van der Waals surface area contributed by atoms with Crippen LogP contribution in [0.2, 0.25) is 0 Å². The van der Waals surface area contributed by atoms with Crippen molar-refractivity contribution in [1.29, 1.82) is 0 Å². The molecule has 1 aromatic carbocycles. The SMILES string of the molecule is CCNc1cccc(C(=O)NCc2c(F)nn(C)c2O)c1C. The summed E-state index contributed by atoms with van der Waals surface area (Å²) in [4.78, 5) is 12.3. The van der Waals surface area contributed by atoms with Gasteiger partial charge >= 0.3 is 0 Å². The quantitative estimate of drug-likeness (QED) is 0.788. The minimum atomic E-state index is -0.793. The molecule has 0 spiro atoms. The number of anilines is 1. The first-order chi connectivity index (χ1) is 10.5. The van der Waals surface area contributed by atoms with Gasteiger partial charge in [-0.15, -0.1) is 5.10 Å². The number of hydrogen-bond donors (Lipinski definition) is 3. The van der Waals surface area contributed by atoms with E-state index in [0.717, 1.165) is 22.5 Å². The molecule has 7 heteroatoms. The number of carbonyl (C=O) groups is 1. The summed E-state index contributed by atoms with van der Waals surface area (Å²) in [5.41, 5.74) is 2.17. The smallest absolute Gasteiger partial charge is 0.251 e. The van der Waals surface area contributed by atoms with Crippen molar-refractivity contribution < 1.29 is 14.3 Å². The Morgan fingerprint density at radius 2 is 2.18 bits per heavy atom. The van der Waals surface area contributed by atoms with E-state index in [-0.39, 0.29) is 23.9 Å². The Morgan fingerprint density at radius 1 is 1.45 bits per heavy atom. The Morgan fingerprint density at radius 3 is 2.77 bits per heavy atom. The van der Waals surface area contributed by atoms with E-state index >= 15 is 0 Å². The Balaban J connectivity index is 2.14. The summed E-state index contributed by atoms with van der Waals surface area (Å²) in [7, 11) is 1.42. The molecule has 0 radical (unpaired) electrons. The van der Waals surface area contributed by atoms with E-state index in [4.69, 9.17) is 0 Å². The van der Waals surface area contributed by atoms with Crippen LogP contribution in [0.15, 0.2) is 18.2 Å². The van der Waals surface area contributed by atoms with Gasteiger partial charge in [-0.3, -0.25) is 4.79 Å². The molecule has 22 heavy (non-hydrogen) atoms. The molecule has 6 nitrogen and oxygen atoms in total. The molecule has 0 saturated carbocycles. The first-order valence-corrected chi connectivity index (χ1v) is 6.97. The second-order valence-corrected chi connectivity index (χ2v) is 4.91. The Kier molecular flexibility index (Phi) is 4.65. The number of aryl methyl sites for hydroxylation is 1. The summed E-state index contributed by atoms with van der Waals surface area (Å²) >= 11 is 0. The van der Waals surface area contributed by atoms with Crippen LogP contribution in [0.3, 0.4) is 0 Å². The third kappa shape index (κ3) is 3.03. The van der Waals surface area contributed by atoms with Crippen molar-refractivity contribution >= 4 is 11.6 Å².